The summed E-state index contributed by atoms with van der Waals surface area (Å²) in [6.45, 7) is 0. The van der Waals surface area contributed by atoms with E-state index in [9.17, 15) is 0 Å². The molecule has 0 amide bonds. The largest absolute Gasteiger partial charge is 0.316 e. The molecule has 6 heteroatoms. The van der Waals surface area contributed by atoms with E-state index in [2.05, 4.69) is 27.3 Å². The topological polar surface area (TPSA) is 56.5 Å². The number of benzene rings is 4. The molecule has 185 valence electrons. The summed E-state index contributed by atoms with van der Waals surface area (Å²) < 4.78 is 2.04. The molecule has 0 aliphatic carbocycles. The van der Waals surface area contributed by atoms with Crippen molar-refractivity contribution in [1.29, 1.82) is 0 Å². The van der Waals surface area contributed by atoms with E-state index in [1.165, 1.54) is 0 Å². The van der Waals surface area contributed by atoms with Gasteiger partial charge in [0.1, 0.15) is 5.52 Å². The molecule has 4 aromatic carbocycles. The predicted molar refractivity (Wildman–Crippen MR) is 147 cm³/mol. The van der Waals surface area contributed by atoms with E-state index in [0.717, 1.165) is 50.4 Å². The molecule has 3 heterocycles. The first-order valence-electron chi connectivity index (χ1n) is 11.9. The Morgan fingerprint density at radius 1 is 0.605 bits per heavy atom. The minimum absolute atomic E-state index is 0. The zero-order chi connectivity index (χ0) is 24.9. The van der Waals surface area contributed by atoms with Crippen LogP contribution in [0.2, 0.25) is 0 Å². The Morgan fingerprint density at radius 3 is 2.00 bits per heavy atom. The molecule has 0 saturated heterocycles. The fourth-order valence-electron chi connectivity index (χ4n) is 4.16. The number of fused-ring (bicyclic) bond motifs is 3. The summed E-state index contributed by atoms with van der Waals surface area (Å²) in [5.41, 5.74) is 6.38. The Balaban J connectivity index is 0.000000191. The average Bonchev–Trinajstić information content (AvgIpc) is 3.40. The molecule has 0 aliphatic rings. The minimum atomic E-state index is 0. The van der Waals surface area contributed by atoms with Gasteiger partial charge in [0.05, 0.1) is 11.3 Å². The van der Waals surface area contributed by atoms with Crippen LogP contribution in [-0.2, 0) is 20.1 Å². The maximum Gasteiger partial charge on any atom is 0.178 e. The number of para-hydroxylation sites is 1. The second-order valence-electron chi connectivity index (χ2n) is 8.26. The zero-order valence-electron chi connectivity index (χ0n) is 20.2. The Hall–Kier alpha value is -4.51. The Morgan fingerprint density at radius 2 is 1.29 bits per heavy atom. The van der Waals surface area contributed by atoms with Crippen molar-refractivity contribution >= 4 is 22.1 Å². The fraction of sp³-hybridized carbons (Fsp3) is 0. The van der Waals surface area contributed by atoms with Crippen LogP contribution in [0.3, 0.4) is 0 Å². The van der Waals surface area contributed by atoms with Gasteiger partial charge in [-0.3, -0.25) is 4.98 Å². The number of nitrogens with zero attached hydrogens (tertiary/aromatic N) is 5. The normalized spacial score (nSPS) is 10.4. The van der Waals surface area contributed by atoms with Gasteiger partial charge >= 0.3 is 0 Å². The summed E-state index contributed by atoms with van der Waals surface area (Å²) in [4.78, 5) is 9.13. The van der Waals surface area contributed by atoms with Crippen molar-refractivity contribution in [2.45, 2.75) is 0 Å². The first kappa shape index (κ1) is 25.2. The van der Waals surface area contributed by atoms with Gasteiger partial charge in [-0.1, -0.05) is 48.5 Å². The molecular weight excluding hydrogens is 647 g/mol. The van der Waals surface area contributed by atoms with Crippen molar-refractivity contribution in [2.24, 2.45) is 0 Å². The van der Waals surface area contributed by atoms with Crippen LogP contribution in [0.5, 0.6) is 0 Å². The maximum absolute atomic E-state index is 4.92. The Kier molecular flexibility index (Phi) is 7.74. The van der Waals surface area contributed by atoms with Crippen molar-refractivity contribution < 1.29 is 20.1 Å². The van der Waals surface area contributed by atoms with Crippen molar-refractivity contribution in [3.8, 4) is 28.3 Å². The van der Waals surface area contributed by atoms with Gasteiger partial charge in [0.15, 0.2) is 5.65 Å². The number of hydrogen-bond acceptors (Lipinski definition) is 4. The third-order valence-electron chi connectivity index (χ3n) is 5.88. The molecule has 0 fully saturated rings. The fourth-order valence-corrected chi connectivity index (χ4v) is 4.16. The van der Waals surface area contributed by atoms with Crippen LogP contribution in [0.1, 0.15) is 0 Å². The monoisotopic (exact) mass is 668 g/mol. The van der Waals surface area contributed by atoms with Gasteiger partial charge < -0.3 is 9.55 Å². The summed E-state index contributed by atoms with van der Waals surface area (Å²) in [6, 6.07) is 46.0. The van der Waals surface area contributed by atoms with E-state index >= 15 is 0 Å². The van der Waals surface area contributed by atoms with Crippen molar-refractivity contribution in [3.63, 3.8) is 0 Å². The van der Waals surface area contributed by atoms with E-state index in [0.29, 0.717) is 0 Å². The van der Waals surface area contributed by atoms with E-state index in [1.54, 1.807) is 6.20 Å². The number of rotatable bonds is 3. The van der Waals surface area contributed by atoms with E-state index in [-0.39, 0.29) is 20.1 Å². The molecule has 0 unspecified atom stereocenters. The van der Waals surface area contributed by atoms with Crippen LogP contribution in [0.25, 0.3) is 50.4 Å². The van der Waals surface area contributed by atoms with Gasteiger partial charge in [-0.05, 0) is 30.0 Å². The third kappa shape index (κ3) is 5.14. The van der Waals surface area contributed by atoms with Gasteiger partial charge in [-0.2, -0.15) is 0 Å². The summed E-state index contributed by atoms with van der Waals surface area (Å²) in [5, 5.41) is 9.85. The molecule has 0 atom stereocenters. The van der Waals surface area contributed by atoms with E-state index < -0.39 is 0 Å². The smallest absolute Gasteiger partial charge is 0.178 e. The Bertz CT molecular complexity index is 1720. The molecule has 0 saturated carbocycles. The predicted octanol–water partition coefficient (Wildman–Crippen LogP) is 6.98. The SMILES string of the molecule is [Ir].[c-]1ccccc1-c1ccccn1.[c-]1ccccc1-c1nc2c3ccccc3nnc2n1-c1ccccc1. The summed E-state index contributed by atoms with van der Waals surface area (Å²) in [7, 11) is 0. The first-order chi connectivity index (χ1) is 18.4. The number of imidazole rings is 1. The van der Waals surface area contributed by atoms with Gasteiger partial charge in [-0.25, -0.2) is 0 Å². The molecular formula is C32H21IrN5-2. The average molecular weight is 668 g/mol. The molecule has 38 heavy (non-hydrogen) atoms. The van der Waals surface area contributed by atoms with Gasteiger partial charge in [0, 0.05) is 37.4 Å². The number of hydrogen-bond donors (Lipinski definition) is 0. The Labute approximate surface area is 234 Å². The van der Waals surface area contributed by atoms with Crippen LogP contribution >= 0.6 is 0 Å². The molecule has 7 aromatic rings. The van der Waals surface area contributed by atoms with Crippen molar-refractivity contribution in [1.82, 2.24) is 24.7 Å². The zero-order valence-corrected chi connectivity index (χ0v) is 22.6. The van der Waals surface area contributed by atoms with Crippen LogP contribution < -0.4 is 0 Å². The van der Waals surface area contributed by atoms with Crippen LogP contribution in [-0.4, -0.2) is 24.7 Å². The van der Waals surface area contributed by atoms with Crippen molar-refractivity contribution in [2.75, 3.05) is 0 Å². The molecule has 3 aromatic heterocycles. The van der Waals surface area contributed by atoms with Gasteiger partial charge in [0.2, 0.25) is 0 Å². The van der Waals surface area contributed by atoms with E-state index in [1.807, 2.05) is 126 Å². The summed E-state index contributed by atoms with van der Waals surface area (Å²) in [5.74, 6) is 0.812. The quantitative estimate of drug-likeness (QED) is 0.191. The molecule has 0 aliphatic heterocycles. The summed E-state index contributed by atoms with van der Waals surface area (Å²) in [6.07, 6.45) is 1.79. The molecule has 5 nitrogen and oxygen atoms in total. The minimum Gasteiger partial charge on any atom is -0.316 e. The summed E-state index contributed by atoms with van der Waals surface area (Å²) >= 11 is 0. The standard InChI is InChI=1S/C21H13N4.C11H8N.Ir/c1-3-9-15(10-4-1)20-22-19-17-13-7-8-14-18(17)23-24-21(19)25(20)16-11-5-2-6-12-16;1-2-6-10(7-3-1)11-8-4-5-9-12-11;/h1-9,11-14H;1-6,8-9H;/q2*-1;. The van der Waals surface area contributed by atoms with Crippen LogP contribution in [0, 0.1) is 12.1 Å². The van der Waals surface area contributed by atoms with Crippen LogP contribution in [0.4, 0.5) is 0 Å². The number of pyridine rings is 1. The van der Waals surface area contributed by atoms with Gasteiger partial charge in [0.25, 0.3) is 0 Å². The van der Waals surface area contributed by atoms with Crippen molar-refractivity contribution in [3.05, 3.63) is 140 Å². The third-order valence-corrected chi connectivity index (χ3v) is 5.88. The second kappa shape index (κ2) is 11.7. The van der Waals surface area contributed by atoms with Crippen LogP contribution in [0.15, 0.2) is 128 Å². The molecule has 0 spiro atoms. The van der Waals surface area contributed by atoms with E-state index in [4.69, 9.17) is 4.98 Å². The maximum atomic E-state index is 4.92. The molecule has 7 rings (SSSR count). The first-order valence-corrected chi connectivity index (χ1v) is 11.9. The molecule has 0 bridgehead atoms. The number of aromatic nitrogens is 5. The molecule has 1 radical (unpaired) electrons. The second-order valence-corrected chi connectivity index (χ2v) is 8.26. The molecule has 0 N–H and O–H groups in total. The van der Waals surface area contributed by atoms with Gasteiger partial charge in [-0.15, -0.1) is 82.0 Å².